The number of hydrogen-bond donors (Lipinski definition) is 1. The lowest BCUT2D eigenvalue weighted by Gasteiger charge is -2.34. The summed E-state index contributed by atoms with van der Waals surface area (Å²) in [6.07, 6.45) is 3.37. The number of benzene rings is 1. The summed E-state index contributed by atoms with van der Waals surface area (Å²) in [5, 5.41) is 9.46. The van der Waals surface area contributed by atoms with Gasteiger partial charge in [-0.3, -0.25) is 9.69 Å². The van der Waals surface area contributed by atoms with Gasteiger partial charge in [0.2, 0.25) is 0 Å². The molecule has 6 nitrogen and oxygen atoms in total. The second-order valence-corrected chi connectivity index (χ2v) is 7.38. The first-order valence-corrected chi connectivity index (χ1v) is 9.93. The second kappa shape index (κ2) is 8.47. The minimum atomic E-state index is -0.105. The van der Waals surface area contributed by atoms with Gasteiger partial charge in [-0.05, 0) is 23.6 Å². The summed E-state index contributed by atoms with van der Waals surface area (Å²) in [7, 11) is 0. The number of hydrogen-bond acceptors (Lipinski definition) is 5. The molecule has 0 aliphatic carbocycles. The summed E-state index contributed by atoms with van der Waals surface area (Å²) in [5.41, 5.74) is 1.49. The molecule has 1 amide bonds. The van der Waals surface area contributed by atoms with Gasteiger partial charge >= 0.3 is 0 Å². The van der Waals surface area contributed by atoms with Crippen LogP contribution in [-0.2, 0) is 4.74 Å². The molecule has 3 aromatic rings. The van der Waals surface area contributed by atoms with Crippen LogP contribution < -0.4 is 5.32 Å². The highest BCUT2D eigenvalue weighted by molar-refractivity contribution is 7.10. The van der Waals surface area contributed by atoms with Gasteiger partial charge in [0.05, 0.1) is 36.7 Å². The Morgan fingerprint density at radius 1 is 1.19 bits per heavy atom. The molecule has 1 aliphatic heterocycles. The number of morpholine rings is 1. The number of thiophene rings is 1. The molecule has 3 heterocycles. The molecule has 2 aromatic heterocycles. The zero-order valence-corrected chi connectivity index (χ0v) is 15.8. The van der Waals surface area contributed by atoms with E-state index in [1.807, 2.05) is 30.3 Å². The molecule has 1 fully saturated rings. The first-order valence-electron chi connectivity index (χ1n) is 9.05. The van der Waals surface area contributed by atoms with Crippen molar-refractivity contribution >= 4 is 17.2 Å². The van der Waals surface area contributed by atoms with Crippen LogP contribution in [-0.4, -0.2) is 53.4 Å². The molecular formula is C20H22N4O2S. The minimum absolute atomic E-state index is 0.105. The minimum Gasteiger partial charge on any atom is -0.379 e. The van der Waals surface area contributed by atoms with Crippen LogP contribution in [0.4, 0.5) is 0 Å². The van der Waals surface area contributed by atoms with Crippen molar-refractivity contribution < 1.29 is 9.53 Å². The summed E-state index contributed by atoms with van der Waals surface area (Å²) < 4.78 is 7.19. The van der Waals surface area contributed by atoms with E-state index in [1.54, 1.807) is 28.4 Å². The monoisotopic (exact) mass is 382 g/mol. The van der Waals surface area contributed by atoms with E-state index in [1.165, 1.54) is 4.88 Å². The van der Waals surface area contributed by atoms with Crippen LogP contribution in [0.25, 0.3) is 5.69 Å². The smallest absolute Gasteiger partial charge is 0.254 e. The molecule has 0 bridgehead atoms. The fourth-order valence-corrected chi connectivity index (χ4v) is 4.09. The molecule has 0 saturated carbocycles. The standard InChI is InChI=1S/C20H22N4O2S/c25-20(16-13-22-24(15-16)17-5-2-1-3-6-17)21-14-18(19-7-4-12-27-19)23-8-10-26-11-9-23/h1-7,12-13,15,18H,8-11,14H2,(H,21,25). The number of amides is 1. The predicted octanol–water partition coefficient (Wildman–Crippen LogP) is 2.74. The number of carbonyl (C=O) groups is 1. The molecule has 7 heteroatoms. The molecule has 4 rings (SSSR count). The molecule has 27 heavy (non-hydrogen) atoms. The van der Waals surface area contributed by atoms with Crippen LogP contribution in [0.5, 0.6) is 0 Å². The van der Waals surface area contributed by atoms with Crippen LogP contribution in [0.1, 0.15) is 21.3 Å². The third kappa shape index (κ3) is 4.27. The van der Waals surface area contributed by atoms with E-state index < -0.39 is 0 Å². The van der Waals surface area contributed by atoms with Gasteiger partial charge in [0, 0.05) is 30.7 Å². The number of nitrogens with one attached hydrogen (secondary N) is 1. The largest absolute Gasteiger partial charge is 0.379 e. The van der Waals surface area contributed by atoms with Crippen molar-refractivity contribution in [1.82, 2.24) is 20.0 Å². The Hall–Kier alpha value is -2.48. The Labute approximate surface area is 162 Å². The number of para-hydroxylation sites is 1. The van der Waals surface area contributed by atoms with Crippen molar-refractivity contribution in [2.75, 3.05) is 32.8 Å². The fraction of sp³-hybridized carbons (Fsp3) is 0.300. The lowest BCUT2D eigenvalue weighted by molar-refractivity contribution is 0.0169. The number of rotatable bonds is 6. The van der Waals surface area contributed by atoms with Gasteiger partial charge in [-0.15, -0.1) is 11.3 Å². The molecule has 1 atom stereocenters. The third-order valence-electron chi connectivity index (χ3n) is 4.68. The van der Waals surface area contributed by atoms with Crippen molar-refractivity contribution in [3.63, 3.8) is 0 Å². The van der Waals surface area contributed by atoms with Gasteiger partial charge in [-0.2, -0.15) is 5.10 Å². The first kappa shape index (κ1) is 17.9. The van der Waals surface area contributed by atoms with Crippen LogP contribution in [0.2, 0.25) is 0 Å². The molecule has 140 valence electrons. The number of nitrogens with zero attached hydrogens (tertiary/aromatic N) is 3. The molecular weight excluding hydrogens is 360 g/mol. The van der Waals surface area contributed by atoms with Crippen molar-refractivity contribution in [2.45, 2.75) is 6.04 Å². The molecule has 1 saturated heterocycles. The van der Waals surface area contributed by atoms with E-state index in [-0.39, 0.29) is 11.9 Å². The van der Waals surface area contributed by atoms with Crippen LogP contribution in [0.15, 0.2) is 60.2 Å². The van der Waals surface area contributed by atoms with E-state index in [4.69, 9.17) is 4.74 Å². The van der Waals surface area contributed by atoms with Gasteiger partial charge in [0.1, 0.15) is 0 Å². The Morgan fingerprint density at radius 2 is 2.00 bits per heavy atom. The summed E-state index contributed by atoms with van der Waals surface area (Å²) in [4.78, 5) is 16.3. The molecule has 1 aliphatic rings. The highest BCUT2D eigenvalue weighted by Crippen LogP contribution is 2.25. The van der Waals surface area contributed by atoms with Crippen LogP contribution >= 0.6 is 11.3 Å². The average Bonchev–Trinajstić information content (AvgIpc) is 3.42. The molecule has 1 N–H and O–H groups in total. The Kier molecular flexibility index (Phi) is 5.62. The van der Waals surface area contributed by atoms with E-state index in [0.29, 0.717) is 12.1 Å². The maximum atomic E-state index is 12.6. The zero-order valence-electron chi connectivity index (χ0n) is 15.0. The van der Waals surface area contributed by atoms with E-state index >= 15 is 0 Å². The van der Waals surface area contributed by atoms with Gasteiger partial charge < -0.3 is 10.1 Å². The topological polar surface area (TPSA) is 59.4 Å². The van der Waals surface area contributed by atoms with Crippen molar-refractivity contribution in [3.8, 4) is 5.69 Å². The van der Waals surface area contributed by atoms with Crippen molar-refractivity contribution in [2.24, 2.45) is 0 Å². The highest BCUT2D eigenvalue weighted by Gasteiger charge is 2.24. The second-order valence-electron chi connectivity index (χ2n) is 6.40. The van der Waals surface area contributed by atoms with E-state index in [2.05, 4.69) is 32.8 Å². The predicted molar refractivity (Wildman–Crippen MR) is 105 cm³/mol. The molecule has 1 aromatic carbocycles. The van der Waals surface area contributed by atoms with Crippen LogP contribution in [0, 0.1) is 0 Å². The average molecular weight is 382 g/mol. The number of ether oxygens (including phenoxy) is 1. The zero-order chi connectivity index (χ0) is 18.5. The van der Waals surface area contributed by atoms with Gasteiger partial charge in [0.25, 0.3) is 5.91 Å². The summed E-state index contributed by atoms with van der Waals surface area (Å²) in [6, 6.07) is 14.1. The van der Waals surface area contributed by atoms with Crippen molar-refractivity contribution in [3.05, 3.63) is 70.7 Å². The van der Waals surface area contributed by atoms with Gasteiger partial charge in [0.15, 0.2) is 0 Å². The first-order chi connectivity index (χ1) is 13.3. The molecule has 1 unspecified atom stereocenters. The number of aromatic nitrogens is 2. The quantitative estimate of drug-likeness (QED) is 0.712. The van der Waals surface area contributed by atoms with Gasteiger partial charge in [-0.1, -0.05) is 24.3 Å². The lowest BCUT2D eigenvalue weighted by Crippen LogP contribution is -2.43. The summed E-state index contributed by atoms with van der Waals surface area (Å²) >= 11 is 1.72. The Bertz CT molecular complexity index is 857. The van der Waals surface area contributed by atoms with Gasteiger partial charge in [-0.25, -0.2) is 4.68 Å². The van der Waals surface area contributed by atoms with Crippen LogP contribution in [0.3, 0.4) is 0 Å². The SMILES string of the molecule is O=C(NCC(c1cccs1)N1CCOCC1)c1cnn(-c2ccccc2)c1. The summed E-state index contributed by atoms with van der Waals surface area (Å²) in [6.45, 7) is 3.80. The summed E-state index contributed by atoms with van der Waals surface area (Å²) in [5.74, 6) is -0.105. The Balaban J connectivity index is 1.43. The fourth-order valence-electron chi connectivity index (χ4n) is 3.23. The maximum Gasteiger partial charge on any atom is 0.254 e. The van der Waals surface area contributed by atoms with E-state index in [0.717, 1.165) is 32.0 Å². The maximum absolute atomic E-state index is 12.6. The lowest BCUT2D eigenvalue weighted by atomic mass is 10.2. The molecule has 0 radical (unpaired) electrons. The number of carbonyl (C=O) groups excluding carboxylic acids is 1. The van der Waals surface area contributed by atoms with E-state index in [9.17, 15) is 4.79 Å². The molecule has 0 spiro atoms. The normalized spacial score (nSPS) is 16.1. The highest BCUT2D eigenvalue weighted by atomic mass is 32.1. The van der Waals surface area contributed by atoms with Crippen molar-refractivity contribution in [1.29, 1.82) is 0 Å². The third-order valence-corrected chi connectivity index (χ3v) is 5.65. The Morgan fingerprint density at radius 3 is 2.74 bits per heavy atom.